The van der Waals surface area contributed by atoms with E-state index in [1.54, 1.807) is 24.7 Å². The summed E-state index contributed by atoms with van der Waals surface area (Å²) < 4.78 is 0. The summed E-state index contributed by atoms with van der Waals surface area (Å²) in [4.78, 5) is 24.8. The lowest BCUT2D eigenvalue weighted by atomic mass is 10.00. The van der Waals surface area contributed by atoms with Gasteiger partial charge < -0.3 is 11.1 Å². The number of nitrogens with zero attached hydrogens (tertiary/aromatic N) is 3. The molecule has 0 bridgehead atoms. The van der Waals surface area contributed by atoms with Crippen molar-refractivity contribution in [2.75, 3.05) is 11.1 Å². The van der Waals surface area contributed by atoms with E-state index in [1.807, 2.05) is 31.2 Å². The summed E-state index contributed by atoms with van der Waals surface area (Å²) in [6.45, 7) is 4.03. The van der Waals surface area contributed by atoms with Crippen LogP contribution in [0.5, 0.6) is 0 Å². The Labute approximate surface area is 146 Å². The molecule has 3 rings (SSSR count). The molecule has 0 atom stereocenters. The molecule has 1 aromatic carbocycles. The lowest BCUT2D eigenvalue weighted by Gasteiger charge is -2.10. The Morgan fingerprint density at radius 3 is 2.60 bits per heavy atom. The summed E-state index contributed by atoms with van der Waals surface area (Å²) in [6, 6.07) is 9.32. The number of carbonyl (C=O) groups excluding carboxylic acids is 1. The molecule has 0 aliphatic heterocycles. The first kappa shape index (κ1) is 16.6. The maximum absolute atomic E-state index is 12.6. The van der Waals surface area contributed by atoms with E-state index in [9.17, 15) is 4.79 Å². The van der Waals surface area contributed by atoms with E-state index in [4.69, 9.17) is 5.73 Å². The van der Waals surface area contributed by atoms with Crippen LogP contribution in [0.2, 0.25) is 0 Å². The third kappa shape index (κ3) is 3.80. The highest BCUT2D eigenvalue weighted by atomic mass is 16.1. The van der Waals surface area contributed by atoms with Gasteiger partial charge in [0.05, 0.1) is 0 Å². The molecular weight excluding hydrogens is 314 g/mol. The third-order valence-corrected chi connectivity index (χ3v) is 3.96. The molecule has 126 valence electrons. The molecule has 0 fully saturated rings. The van der Waals surface area contributed by atoms with Crippen molar-refractivity contribution in [1.82, 2.24) is 15.0 Å². The predicted molar refractivity (Wildman–Crippen MR) is 98.2 cm³/mol. The number of rotatable bonds is 4. The Balaban J connectivity index is 1.88. The molecule has 0 aliphatic carbocycles. The van der Waals surface area contributed by atoms with Crippen LogP contribution in [0.4, 0.5) is 11.8 Å². The monoisotopic (exact) mass is 333 g/mol. The van der Waals surface area contributed by atoms with Crippen LogP contribution in [0.3, 0.4) is 0 Å². The summed E-state index contributed by atoms with van der Waals surface area (Å²) in [5.41, 5.74) is 9.93. The molecule has 0 unspecified atom stereocenters. The highest BCUT2D eigenvalue weighted by Gasteiger charge is 2.11. The number of aromatic nitrogens is 3. The highest BCUT2D eigenvalue weighted by Crippen LogP contribution is 2.24. The van der Waals surface area contributed by atoms with Crippen molar-refractivity contribution in [1.29, 1.82) is 0 Å². The second kappa shape index (κ2) is 7.09. The molecule has 3 N–H and O–H groups in total. The van der Waals surface area contributed by atoms with Gasteiger partial charge >= 0.3 is 0 Å². The molecule has 0 aliphatic rings. The first-order valence-electron chi connectivity index (χ1n) is 8.01. The zero-order valence-electron chi connectivity index (χ0n) is 14.2. The Morgan fingerprint density at radius 2 is 1.88 bits per heavy atom. The number of aryl methyl sites for hydroxylation is 2. The molecular formula is C19H19N5O. The lowest BCUT2D eigenvalue weighted by molar-refractivity contribution is 0.102. The number of anilines is 2. The van der Waals surface area contributed by atoms with Crippen molar-refractivity contribution in [3.8, 4) is 11.1 Å². The average molecular weight is 333 g/mol. The van der Waals surface area contributed by atoms with Crippen LogP contribution in [0.25, 0.3) is 11.1 Å². The SMILES string of the molecule is CCc1ccnc(NC(=O)c2ccc(C)c(-c3cnc(N)nc3)c2)c1. The van der Waals surface area contributed by atoms with Gasteiger partial charge in [-0.1, -0.05) is 13.0 Å². The van der Waals surface area contributed by atoms with Gasteiger partial charge in [-0.2, -0.15) is 0 Å². The fraction of sp³-hybridized carbons (Fsp3) is 0.158. The summed E-state index contributed by atoms with van der Waals surface area (Å²) >= 11 is 0. The van der Waals surface area contributed by atoms with Gasteiger partial charge in [-0.3, -0.25) is 4.79 Å². The number of pyridine rings is 1. The minimum atomic E-state index is -0.210. The van der Waals surface area contributed by atoms with E-state index in [0.717, 1.165) is 28.7 Å². The fourth-order valence-corrected chi connectivity index (χ4v) is 2.50. The molecule has 0 saturated carbocycles. The van der Waals surface area contributed by atoms with Gasteiger partial charge in [0.15, 0.2) is 0 Å². The molecule has 3 aromatic rings. The molecule has 2 heterocycles. The molecule has 0 spiro atoms. The van der Waals surface area contributed by atoms with E-state index in [1.165, 1.54) is 0 Å². The molecule has 25 heavy (non-hydrogen) atoms. The zero-order valence-corrected chi connectivity index (χ0v) is 14.2. The van der Waals surface area contributed by atoms with Crippen molar-refractivity contribution >= 4 is 17.7 Å². The van der Waals surface area contributed by atoms with Crippen LogP contribution in [-0.2, 0) is 6.42 Å². The van der Waals surface area contributed by atoms with E-state index in [-0.39, 0.29) is 11.9 Å². The first-order chi connectivity index (χ1) is 12.1. The van der Waals surface area contributed by atoms with Gasteiger partial charge in [0.2, 0.25) is 5.95 Å². The summed E-state index contributed by atoms with van der Waals surface area (Å²) in [5, 5.41) is 2.84. The Kier molecular flexibility index (Phi) is 4.70. The topological polar surface area (TPSA) is 93.8 Å². The maximum atomic E-state index is 12.6. The predicted octanol–water partition coefficient (Wildman–Crippen LogP) is 3.24. The zero-order chi connectivity index (χ0) is 17.8. The van der Waals surface area contributed by atoms with Crippen LogP contribution in [0.15, 0.2) is 48.9 Å². The van der Waals surface area contributed by atoms with Crippen LogP contribution in [0, 0.1) is 6.92 Å². The molecule has 0 radical (unpaired) electrons. The number of benzene rings is 1. The van der Waals surface area contributed by atoms with Gasteiger partial charge in [-0.25, -0.2) is 15.0 Å². The van der Waals surface area contributed by atoms with Gasteiger partial charge in [0.1, 0.15) is 5.82 Å². The van der Waals surface area contributed by atoms with Crippen LogP contribution in [0.1, 0.15) is 28.4 Å². The minimum Gasteiger partial charge on any atom is -0.368 e. The van der Waals surface area contributed by atoms with Crippen molar-refractivity contribution in [2.45, 2.75) is 20.3 Å². The number of carbonyl (C=O) groups is 1. The van der Waals surface area contributed by atoms with E-state index in [0.29, 0.717) is 11.4 Å². The highest BCUT2D eigenvalue weighted by molar-refractivity contribution is 6.04. The van der Waals surface area contributed by atoms with Crippen molar-refractivity contribution in [3.63, 3.8) is 0 Å². The summed E-state index contributed by atoms with van der Waals surface area (Å²) in [5.74, 6) is 0.554. The Bertz CT molecular complexity index is 906. The standard InChI is InChI=1S/C19H19N5O/c1-3-13-6-7-21-17(8-13)24-18(25)14-5-4-12(2)16(9-14)15-10-22-19(20)23-11-15/h4-11H,3H2,1-2H3,(H2,20,22,23)(H,21,24,25). The Hall–Kier alpha value is -3.28. The number of hydrogen-bond acceptors (Lipinski definition) is 5. The van der Waals surface area contributed by atoms with Crippen LogP contribution in [-0.4, -0.2) is 20.9 Å². The van der Waals surface area contributed by atoms with Crippen molar-refractivity contribution < 1.29 is 4.79 Å². The third-order valence-electron chi connectivity index (χ3n) is 3.96. The van der Waals surface area contributed by atoms with E-state index in [2.05, 4.69) is 27.2 Å². The normalized spacial score (nSPS) is 10.5. The number of nitrogens with two attached hydrogens (primary N) is 1. The molecule has 0 saturated heterocycles. The van der Waals surface area contributed by atoms with Crippen LogP contribution >= 0.6 is 0 Å². The number of nitrogens with one attached hydrogen (secondary N) is 1. The first-order valence-corrected chi connectivity index (χ1v) is 8.01. The van der Waals surface area contributed by atoms with Crippen LogP contribution < -0.4 is 11.1 Å². The molecule has 6 heteroatoms. The quantitative estimate of drug-likeness (QED) is 0.764. The van der Waals surface area contributed by atoms with Gasteiger partial charge in [0, 0.05) is 29.7 Å². The largest absolute Gasteiger partial charge is 0.368 e. The van der Waals surface area contributed by atoms with Gasteiger partial charge in [-0.15, -0.1) is 0 Å². The molecule has 2 aromatic heterocycles. The summed E-state index contributed by atoms with van der Waals surface area (Å²) in [7, 11) is 0. The smallest absolute Gasteiger partial charge is 0.256 e. The average Bonchev–Trinajstić information content (AvgIpc) is 2.63. The second-order valence-corrected chi connectivity index (χ2v) is 5.72. The number of nitrogen functional groups attached to an aromatic ring is 1. The minimum absolute atomic E-state index is 0.210. The lowest BCUT2D eigenvalue weighted by Crippen LogP contribution is -2.13. The second-order valence-electron chi connectivity index (χ2n) is 5.72. The number of hydrogen-bond donors (Lipinski definition) is 2. The van der Waals surface area contributed by atoms with E-state index < -0.39 is 0 Å². The summed E-state index contributed by atoms with van der Waals surface area (Å²) in [6.07, 6.45) is 5.88. The van der Waals surface area contributed by atoms with Gasteiger partial charge in [0.25, 0.3) is 5.91 Å². The number of amides is 1. The van der Waals surface area contributed by atoms with Crippen molar-refractivity contribution in [3.05, 3.63) is 65.6 Å². The van der Waals surface area contributed by atoms with E-state index >= 15 is 0 Å². The molecule has 6 nitrogen and oxygen atoms in total. The fourth-order valence-electron chi connectivity index (χ4n) is 2.50. The Morgan fingerprint density at radius 1 is 1.12 bits per heavy atom. The maximum Gasteiger partial charge on any atom is 0.256 e. The van der Waals surface area contributed by atoms with Crippen molar-refractivity contribution in [2.24, 2.45) is 0 Å². The molecule has 1 amide bonds. The van der Waals surface area contributed by atoms with Gasteiger partial charge in [-0.05, 0) is 54.3 Å².